The predicted molar refractivity (Wildman–Crippen MR) is 70.3 cm³/mol. The fraction of sp³-hybridized carbons (Fsp3) is 0.417. The van der Waals surface area contributed by atoms with Gasteiger partial charge in [-0.2, -0.15) is 9.57 Å². The number of halogens is 1. The topological polar surface area (TPSA) is 70.4 Å². The summed E-state index contributed by atoms with van der Waals surface area (Å²) in [5, 5.41) is 8.98. The van der Waals surface area contributed by atoms with Gasteiger partial charge in [0.1, 0.15) is 4.90 Å². The van der Waals surface area contributed by atoms with Crippen molar-refractivity contribution < 1.29 is 13.2 Å². The van der Waals surface area contributed by atoms with Crippen molar-refractivity contribution in [2.45, 2.75) is 17.9 Å². The second-order valence-electron chi connectivity index (χ2n) is 4.30. The molecule has 1 aliphatic heterocycles. The van der Waals surface area contributed by atoms with Gasteiger partial charge in [0, 0.05) is 12.6 Å². The number of benzene rings is 1. The Labute approximate surface area is 117 Å². The van der Waals surface area contributed by atoms with Gasteiger partial charge in [0.2, 0.25) is 10.0 Å². The van der Waals surface area contributed by atoms with E-state index in [2.05, 4.69) is 0 Å². The fourth-order valence-corrected chi connectivity index (χ4v) is 4.07. The number of hydrogen-bond acceptors (Lipinski definition) is 4. The van der Waals surface area contributed by atoms with Crippen LogP contribution in [0.4, 0.5) is 0 Å². The van der Waals surface area contributed by atoms with Crippen LogP contribution in [0, 0.1) is 11.3 Å². The molecule has 0 aromatic heterocycles. The molecule has 5 nitrogen and oxygen atoms in total. The Morgan fingerprint density at radius 3 is 2.89 bits per heavy atom. The van der Waals surface area contributed by atoms with Gasteiger partial charge in [0.15, 0.2) is 0 Å². The monoisotopic (exact) mass is 300 g/mol. The van der Waals surface area contributed by atoms with E-state index in [1.165, 1.54) is 22.5 Å². The van der Waals surface area contributed by atoms with Gasteiger partial charge < -0.3 is 4.74 Å². The molecule has 0 amide bonds. The van der Waals surface area contributed by atoms with Gasteiger partial charge in [0.05, 0.1) is 29.9 Å². The number of sulfonamides is 1. The van der Waals surface area contributed by atoms with E-state index in [9.17, 15) is 8.42 Å². The van der Waals surface area contributed by atoms with Crippen molar-refractivity contribution in [1.29, 1.82) is 5.26 Å². The van der Waals surface area contributed by atoms with E-state index in [-0.39, 0.29) is 28.1 Å². The largest absolute Gasteiger partial charge is 0.378 e. The summed E-state index contributed by atoms with van der Waals surface area (Å²) < 4.78 is 31.7. The lowest BCUT2D eigenvalue weighted by Crippen LogP contribution is -2.47. The third-order valence-corrected chi connectivity index (χ3v) is 5.45. The number of morpholine rings is 1. The minimum Gasteiger partial charge on any atom is -0.378 e. The first-order chi connectivity index (χ1) is 8.96. The molecule has 0 unspecified atom stereocenters. The molecule has 1 atom stereocenters. The van der Waals surface area contributed by atoms with Gasteiger partial charge in [0.25, 0.3) is 0 Å². The van der Waals surface area contributed by atoms with Crippen molar-refractivity contribution in [2.24, 2.45) is 0 Å². The summed E-state index contributed by atoms with van der Waals surface area (Å²) in [7, 11) is -3.70. The first-order valence-corrected chi connectivity index (χ1v) is 7.58. The maximum Gasteiger partial charge on any atom is 0.245 e. The molecule has 1 heterocycles. The molecular weight excluding hydrogens is 288 g/mol. The second kappa shape index (κ2) is 5.47. The first kappa shape index (κ1) is 14.3. The van der Waals surface area contributed by atoms with Crippen molar-refractivity contribution >= 4 is 21.6 Å². The molecule has 1 aliphatic rings. The van der Waals surface area contributed by atoms with Crippen LogP contribution in [0.2, 0.25) is 5.02 Å². The number of ether oxygens (including phenoxy) is 1. The summed E-state index contributed by atoms with van der Waals surface area (Å²) in [6.45, 7) is 2.78. The van der Waals surface area contributed by atoms with Crippen LogP contribution in [-0.4, -0.2) is 38.5 Å². The van der Waals surface area contributed by atoms with Crippen LogP contribution in [0.3, 0.4) is 0 Å². The summed E-state index contributed by atoms with van der Waals surface area (Å²) >= 11 is 5.96. The highest BCUT2D eigenvalue weighted by molar-refractivity contribution is 7.89. The van der Waals surface area contributed by atoms with Gasteiger partial charge in [-0.05, 0) is 25.1 Å². The SMILES string of the molecule is C[C@@H]1COCCN1S(=O)(=O)c1cc(C#N)ccc1Cl. The standard InChI is InChI=1S/C12H13ClN2O3S/c1-9-8-18-5-4-15(9)19(16,17)12-6-10(7-14)2-3-11(12)13/h2-3,6,9H,4-5,8H2,1H3/t9-/m1/s1. The molecule has 0 N–H and O–H groups in total. The van der Waals surface area contributed by atoms with Crippen LogP contribution in [0.1, 0.15) is 12.5 Å². The predicted octanol–water partition coefficient (Wildman–Crippen LogP) is 1.62. The lowest BCUT2D eigenvalue weighted by Gasteiger charge is -2.32. The Morgan fingerprint density at radius 2 is 2.26 bits per heavy atom. The Morgan fingerprint density at radius 1 is 1.53 bits per heavy atom. The zero-order valence-corrected chi connectivity index (χ0v) is 11.9. The van der Waals surface area contributed by atoms with Crippen molar-refractivity contribution in [3.8, 4) is 6.07 Å². The zero-order valence-electron chi connectivity index (χ0n) is 10.3. The Hall–Kier alpha value is -1.13. The van der Waals surface area contributed by atoms with Crippen molar-refractivity contribution in [3.63, 3.8) is 0 Å². The maximum atomic E-state index is 12.6. The van der Waals surface area contributed by atoms with E-state index >= 15 is 0 Å². The molecule has 0 bridgehead atoms. The molecule has 0 saturated carbocycles. The minimum atomic E-state index is -3.70. The molecule has 0 radical (unpaired) electrons. The summed E-state index contributed by atoms with van der Waals surface area (Å²) in [6.07, 6.45) is 0. The Bertz CT molecular complexity index is 624. The van der Waals surface area contributed by atoms with Crippen LogP contribution < -0.4 is 0 Å². The lowest BCUT2D eigenvalue weighted by atomic mass is 10.2. The molecule has 0 spiro atoms. The molecule has 7 heteroatoms. The first-order valence-electron chi connectivity index (χ1n) is 5.76. The van der Waals surface area contributed by atoms with Crippen LogP contribution in [-0.2, 0) is 14.8 Å². The summed E-state index contributed by atoms with van der Waals surface area (Å²) in [6, 6.07) is 5.89. The third-order valence-electron chi connectivity index (χ3n) is 2.95. The van der Waals surface area contributed by atoms with Gasteiger partial charge in [-0.15, -0.1) is 0 Å². The summed E-state index contributed by atoms with van der Waals surface area (Å²) in [5.41, 5.74) is 0.267. The molecule has 2 rings (SSSR count). The number of rotatable bonds is 2. The molecule has 102 valence electrons. The van der Waals surface area contributed by atoms with Crippen LogP contribution >= 0.6 is 11.6 Å². The van der Waals surface area contributed by atoms with Gasteiger partial charge in [-0.25, -0.2) is 8.42 Å². The molecule has 0 aliphatic carbocycles. The maximum absolute atomic E-state index is 12.6. The average Bonchev–Trinajstić information content (AvgIpc) is 2.39. The fourth-order valence-electron chi connectivity index (χ4n) is 1.97. The van der Waals surface area contributed by atoms with Gasteiger partial charge in [-0.1, -0.05) is 11.6 Å². The van der Waals surface area contributed by atoms with Crippen molar-refractivity contribution in [3.05, 3.63) is 28.8 Å². The minimum absolute atomic E-state index is 0.0260. The molecule has 1 fully saturated rings. The Kier molecular flexibility index (Phi) is 4.11. The highest BCUT2D eigenvalue weighted by Gasteiger charge is 2.33. The van der Waals surface area contributed by atoms with Crippen LogP contribution in [0.25, 0.3) is 0 Å². The number of nitrogens with zero attached hydrogens (tertiary/aromatic N) is 2. The average molecular weight is 301 g/mol. The summed E-state index contributed by atoms with van der Waals surface area (Å²) in [5.74, 6) is 0. The van der Waals surface area contributed by atoms with E-state index in [0.717, 1.165) is 0 Å². The van der Waals surface area contributed by atoms with Crippen molar-refractivity contribution in [1.82, 2.24) is 4.31 Å². The lowest BCUT2D eigenvalue weighted by molar-refractivity contribution is 0.0393. The smallest absolute Gasteiger partial charge is 0.245 e. The van der Waals surface area contributed by atoms with Crippen molar-refractivity contribution in [2.75, 3.05) is 19.8 Å². The molecule has 1 aromatic rings. The molecule has 1 saturated heterocycles. The number of nitriles is 1. The third kappa shape index (κ3) is 2.74. The van der Waals surface area contributed by atoms with E-state index < -0.39 is 10.0 Å². The zero-order chi connectivity index (χ0) is 14.0. The van der Waals surface area contributed by atoms with E-state index in [4.69, 9.17) is 21.6 Å². The van der Waals surface area contributed by atoms with Gasteiger partial charge >= 0.3 is 0 Å². The van der Waals surface area contributed by atoms with Crippen LogP contribution in [0.5, 0.6) is 0 Å². The van der Waals surface area contributed by atoms with E-state index in [0.29, 0.717) is 13.2 Å². The molecular formula is C12H13ClN2O3S. The van der Waals surface area contributed by atoms with E-state index in [1.807, 2.05) is 6.07 Å². The highest BCUT2D eigenvalue weighted by atomic mass is 35.5. The summed E-state index contributed by atoms with van der Waals surface area (Å²) in [4.78, 5) is -0.0260. The van der Waals surface area contributed by atoms with E-state index in [1.54, 1.807) is 6.92 Å². The Balaban J connectivity index is 2.47. The number of hydrogen-bond donors (Lipinski definition) is 0. The molecule has 19 heavy (non-hydrogen) atoms. The normalized spacial score (nSPS) is 21.0. The molecule has 1 aromatic carbocycles. The highest BCUT2D eigenvalue weighted by Crippen LogP contribution is 2.27. The van der Waals surface area contributed by atoms with Gasteiger partial charge in [-0.3, -0.25) is 0 Å². The quantitative estimate of drug-likeness (QED) is 0.832. The van der Waals surface area contributed by atoms with Crippen LogP contribution in [0.15, 0.2) is 23.1 Å². The second-order valence-corrected chi connectivity index (χ2v) is 6.56.